The Morgan fingerprint density at radius 3 is 2.53 bits per heavy atom. The molecule has 0 aromatic heterocycles. The molecular formula is C13H26N2O4. The first-order chi connectivity index (χ1) is 9.09. The summed E-state index contributed by atoms with van der Waals surface area (Å²) in [4.78, 5) is 10.9. The van der Waals surface area contributed by atoms with Gasteiger partial charge < -0.3 is 25.7 Å². The average Bonchev–Trinajstić information content (AvgIpc) is 2.39. The van der Waals surface area contributed by atoms with Crippen LogP contribution in [0.3, 0.4) is 0 Å². The first-order valence-corrected chi connectivity index (χ1v) is 6.89. The molecule has 2 rings (SSSR count). The molecule has 2 fully saturated rings. The van der Waals surface area contributed by atoms with Gasteiger partial charge in [-0.25, -0.2) is 0 Å². The second-order valence-electron chi connectivity index (χ2n) is 5.16. The zero-order valence-corrected chi connectivity index (χ0v) is 11.7. The summed E-state index contributed by atoms with van der Waals surface area (Å²) in [6, 6.07) is 0. The van der Waals surface area contributed by atoms with Crippen LogP contribution in [0.2, 0.25) is 0 Å². The van der Waals surface area contributed by atoms with Crippen molar-refractivity contribution in [2.45, 2.75) is 31.7 Å². The largest absolute Gasteiger partial charge is 0.466 e. The van der Waals surface area contributed by atoms with Gasteiger partial charge in [0.25, 0.3) is 0 Å². The maximum Gasteiger partial charge on any atom is 0.307 e. The van der Waals surface area contributed by atoms with E-state index in [-0.39, 0.29) is 12.4 Å². The zero-order chi connectivity index (χ0) is 14.1. The van der Waals surface area contributed by atoms with Crippen LogP contribution in [0, 0.1) is 5.92 Å². The summed E-state index contributed by atoms with van der Waals surface area (Å²) in [6.07, 6.45) is 2.72. The maximum absolute atomic E-state index is 10.9. The second kappa shape index (κ2) is 8.47. The van der Waals surface area contributed by atoms with Gasteiger partial charge >= 0.3 is 5.97 Å². The van der Waals surface area contributed by atoms with Crippen molar-refractivity contribution in [3.05, 3.63) is 0 Å². The van der Waals surface area contributed by atoms with Gasteiger partial charge in [-0.15, -0.1) is 0 Å². The highest BCUT2D eigenvalue weighted by Gasteiger charge is 2.36. The van der Waals surface area contributed by atoms with Crippen LogP contribution in [0.4, 0.5) is 0 Å². The van der Waals surface area contributed by atoms with Crippen LogP contribution < -0.4 is 11.5 Å². The smallest absolute Gasteiger partial charge is 0.307 e. The van der Waals surface area contributed by atoms with E-state index in [4.69, 9.17) is 25.7 Å². The number of hydrogen-bond donors (Lipinski definition) is 2. The molecule has 6 nitrogen and oxygen atoms in total. The first-order valence-electron chi connectivity index (χ1n) is 6.89. The van der Waals surface area contributed by atoms with Gasteiger partial charge in [-0.3, -0.25) is 4.79 Å². The Bertz CT molecular complexity index is 263. The van der Waals surface area contributed by atoms with Crippen LogP contribution >= 0.6 is 0 Å². The summed E-state index contributed by atoms with van der Waals surface area (Å²) in [5, 5.41) is 0. The fourth-order valence-electron chi connectivity index (χ4n) is 1.96. The molecule has 0 bridgehead atoms. The van der Waals surface area contributed by atoms with E-state index in [1.165, 1.54) is 12.8 Å². The normalized spacial score (nSPS) is 24.7. The molecule has 6 heteroatoms. The average molecular weight is 274 g/mol. The fourth-order valence-corrected chi connectivity index (χ4v) is 1.96. The lowest BCUT2D eigenvalue weighted by Crippen LogP contribution is -2.58. The molecule has 0 spiro atoms. The summed E-state index contributed by atoms with van der Waals surface area (Å²) >= 11 is 0. The Hall–Kier alpha value is -0.690. The number of rotatable bonds is 4. The SMILES string of the molecule is CCOC(=O)CC1(N)COC1.NCC1CCCOC1. The minimum absolute atomic E-state index is 0.238. The molecule has 19 heavy (non-hydrogen) atoms. The third-order valence-corrected chi connectivity index (χ3v) is 3.17. The summed E-state index contributed by atoms with van der Waals surface area (Å²) in [5.74, 6) is 0.405. The molecule has 1 atom stereocenters. The Kier molecular flexibility index (Phi) is 7.30. The Labute approximate surface area is 114 Å². The summed E-state index contributed by atoms with van der Waals surface area (Å²) in [5.41, 5.74) is 10.7. The van der Waals surface area contributed by atoms with E-state index in [0.29, 0.717) is 25.7 Å². The van der Waals surface area contributed by atoms with E-state index in [2.05, 4.69) is 0 Å². The Morgan fingerprint density at radius 2 is 2.16 bits per heavy atom. The lowest BCUT2D eigenvalue weighted by molar-refractivity contribution is -0.150. The van der Waals surface area contributed by atoms with E-state index in [1.807, 2.05) is 0 Å². The van der Waals surface area contributed by atoms with E-state index in [0.717, 1.165) is 19.8 Å². The van der Waals surface area contributed by atoms with E-state index >= 15 is 0 Å². The Morgan fingerprint density at radius 1 is 1.42 bits per heavy atom. The molecule has 0 radical (unpaired) electrons. The predicted molar refractivity (Wildman–Crippen MR) is 71.6 cm³/mol. The molecular weight excluding hydrogens is 248 g/mol. The molecule has 112 valence electrons. The van der Waals surface area contributed by atoms with E-state index in [9.17, 15) is 4.79 Å². The molecule has 2 aliphatic heterocycles. The molecule has 0 saturated carbocycles. The third-order valence-electron chi connectivity index (χ3n) is 3.17. The molecule has 0 aliphatic carbocycles. The van der Waals surface area contributed by atoms with Crippen LogP contribution in [0.1, 0.15) is 26.2 Å². The Balaban J connectivity index is 0.000000200. The summed E-state index contributed by atoms with van der Waals surface area (Å²) in [7, 11) is 0. The zero-order valence-electron chi connectivity index (χ0n) is 11.7. The first kappa shape index (κ1) is 16.4. The lowest BCUT2D eigenvalue weighted by Gasteiger charge is -2.36. The number of esters is 1. The number of hydrogen-bond acceptors (Lipinski definition) is 6. The molecule has 1 unspecified atom stereocenters. The van der Waals surface area contributed by atoms with Crippen LogP contribution in [0.5, 0.6) is 0 Å². The minimum atomic E-state index is -0.452. The van der Waals surface area contributed by atoms with Gasteiger partial charge in [0.1, 0.15) is 0 Å². The topological polar surface area (TPSA) is 96.8 Å². The summed E-state index contributed by atoms with van der Waals surface area (Å²) < 4.78 is 14.8. The second-order valence-corrected chi connectivity index (χ2v) is 5.16. The molecule has 0 aromatic carbocycles. The predicted octanol–water partition coefficient (Wildman–Crippen LogP) is 0.0390. The van der Waals surface area contributed by atoms with Gasteiger partial charge in [-0.1, -0.05) is 0 Å². The van der Waals surface area contributed by atoms with Crippen molar-refractivity contribution in [1.29, 1.82) is 0 Å². The van der Waals surface area contributed by atoms with Gasteiger partial charge in [-0.05, 0) is 32.2 Å². The maximum atomic E-state index is 10.9. The van der Waals surface area contributed by atoms with Crippen molar-refractivity contribution in [3.8, 4) is 0 Å². The highest BCUT2D eigenvalue weighted by molar-refractivity contribution is 5.71. The van der Waals surface area contributed by atoms with Crippen LogP contribution in [0.15, 0.2) is 0 Å². The number of carbonyl (C=O) groups is 1. The van der Waals surface area contributed by atoms with Crippen molar-refractivity contribution in [1.82, 2.24) is 0 Å². The molecule has 4 N–H and O–H groups in total. The molecule has 2 heterocycles. The highest BCUT2D eigenvalue weighted by atomic mass is 16.5. The fraction of sp³-hybridized carbons (Fsp3) is 0.923. The number of ether oxygens (including phenoxy) is 3. The van der Waals surface area contributed by atoms with Crippen LogP contribution in [0.25, 0.3) is 0 Å². The van der Waals surface area contributed by atoms with Crippen molar-refractivity contribution < 1.29 is 19.0 Å². The third kappa shape index (κ3) is 6.33. The molecule has 0 amide bonds. The van der Waals surface area contributed by atoms with Crippen molar-refractivity contribution in [2.75, 3.05) is 39.6 Å². The van der Waals surface area contributed by atoms with Crippen molar-refractivity contribution in [2.24, 2.45) is 17.4 Å². The highest BCUT2D eigenvalue weighted by Crippen LogP contribution is 2.17. The number of carbonyl (C=O) groups excluding carboxylic acids is 1. The lowest BCUT2D eigenvalue weighted by atomic mass is 9.95. The van der Waals surface area contributed by atoms with Gasteiger partial charge in [0.05, 0.1) is 38.4 Å². The summed E-state index contributed by atoms with van der Waals surface area (Å²) in [6.45, 7) is 5.73. The van der Waals surface area contributed by atoms with Crippen molar-refractivity contribution >= 4 is 5.97 Å². The van der Waals surface area contributed by atoms with Crippen LogP contribution in [-0.4, -0.2) is 51.1 Å². The quantitative estimate of drug-likeness (QED) is 0.703. The van der Waals surface area contributed by atoms with E-state index in [1.54, 1.807) is 6.92 Å². The monoisotopic (exact) mass is 274 g/mol. The van der Waals surface area contributed by atoms with Crippen LogP contribution in [-0.2, 0) is 19.0 Å². The number of nitrogens with two attached hydrogens (primary N) is 2. The van der Waals surface area contributed by atoms with Gasteiger partial charge in [0.15, 0.2) is 0 Å². The molecule has 2 saturated heterocycles. The minimum Gasteiger partial charge on any atom is -0.466 e. The van der Waals surface area contributed by atoms with Gasteiger partial charge in [-0.2, -0.15) is 0 Å². The molecule has 0 aromatic rings. The standard InChI is InChI=1S/C7H13NO3.C6H13NO/c1-2-11-6(9)3-7(8)4-10-5-7;7-4-6-2-1-3-8-5-6/h2-5,8H2,1H3;6H,1-5,7H2. The molecule has 2 aliphatic rings. The van der Waals surface area contributed by atoms with Crippen molar-refractivity contribution in [3.63, 3.8) is 0 Å². The van der Waals surface area contributed by atoms with Gasteiger partial charge in [0, 0.05) is 6.61 Å². The van der Waals surface area contributed by atoms with Gasteiger partial charge in [0.2, 0.25) is 0 Å². The van der Waals surface area contributed by atoms with E-state index < -0.39 is 5.54 Å².